The fourth-order valence-corrected chi connectivity index (χ4v) is 2.58. The number of carbonyl (C=O) groups is 1. The zero-order valence-electron chi connectivity index (χ0n) is 9.95. The second-order valence-corrected chi connectivity index (χ2v) is 4.77. The molecule has 1 atom stereocenters. The molecule has 0 aromatic heterocycles. The van der Waals surface area contributed by atoms with Crippen molar-refractivity contribution in [3.8, 4) is 0 Å². The number of likely N-dealkylation sites (N-methyl/N-ethyl adjacent to an activating group) is 1. The summed E-state index contributed by atoms with van der Waals surface area (Å²) < 4.78 is 0. The van der Waals surface area contributed by atoms with Crippen molar-refractivity contribution in [1.82, 2.24) is 10.2 Å². The minimum atomic E-state index is 0.162. The average molecular weight is 253 g/mol. The summed E-state index contributed by atoms with van der Waals surface area (Å²) in [6, 6.07) is 7.99. The molecule has 4 heteroatoms. The largest absolute Gasteiger partial charge is 0.335 e. The molecule has 1 aliphatic heterocycles. The van der Waals surface area contributed by atoms with Gasteiger partial charge in [0.15, 0.2) is 0 Å². The number of likely N-dealkylation sites (tertiary alicyclic amines) is 1. The number of halogens is 1. The summed E-state index contributed by atoms with van der Waals surface area (Å²) in [4.78, 5) is 13.9. The van der Waals surface area contributed by atoms with Crippen LogP contribution in [0, 0.1) is 0 Å². The van der Waals surface area contributed by atoms with Gasteiger partial charge in [0, 0.05) is 11.6 Å². The Bertz CT molecular complexity index is 408. The lowest BCUT2D eigenvalue weighted by molar-refractivity contribution is -0.131. The number of hydrogen-bond acceptors (Lipinski definition) is 2. The Kier molecular flexibility index (Phi) is 4.02. The Morgan fingerprint density at radius 1 is 1.59 bits per heavy atom. The molecule has 17 heavy (non-hydrogen) atoms. The third-order valence-electron chi connectivity index (χ3n) is 3.13. The maximum absolute atomic E-state index is 11.9. The Morgan fingerprint density at radius 2 is 2.41 bits per heavy atom. The van der Waals surface area contributed by atoms with E-state index in [1.807, 2.05) is 29.2 Å². The molecule has 1 aromatic rings. The van der Waals surface area contributed by atoms with Crippen LogP contribution in [0.1, 0.15) is 24.4 Å². The SMILES string of the molecule is CNCC(=O)N1CCCC1c1cccc(Cl)c1. The third-order valence-corrected chi connectivity index (χ3v) is 3.37. The molecule has 1 heterocycles. The van der Waals surface area contributed by atoms with Crippen LogP contribution in [0.25, 0.3) is 0 Å². The van der Waals surface area contributed by atoms with Gasteiger partial charge in [0.25, 0.3) is 0 Å². The zero-order chi connectivity index (χ0) is 12.3. The molecule has 1 N–H and O–H groups in total. The molecule has 1 aromatic carbocycles. The molecule has 0 saturated carbocycles. The Balaban J connectivity index is 2.17. The normalized spacial score (nSPS) is 19.6. The molecule has 2 rings (SSSR count). The van der Waals surface area contributed by atoms with E-state index in [0.717, 1.165) is 30.0 Å². The summed E-state index contributed by atoms with van der Waals surface area (Å²) >= 11 is 6.00. The number of hydrogen-bond donors (Lipinski definition) is 1. The lowest BCUT2D eigenvalue weighted by Crippen LogP contribution is -2.36. The predicted molar refractivity (Wildman–Crippen MR) is 69.1 cm³/mol. The van der Waals surface area contributed by atoms with Crippen molar-refractivity contribution in [2.45, 2.75) is 18.9 Å². The molecule has 3 nitrogen and oxygen atoms in total. The first-order valence-electron chi connectivity index (χ1n) is 5.92. The summed E-state index contributed by atoms with van der Waals surface area (Å²) in [6.07, 6.45) is 2.09. The first-order valence-corrected chi connectivity index (χ1v) is 6.29. The Hall–Kier alpha value is -1.06. The highest BCUT2D eigenvalue weighted by Gasteiger charge is 2.29. The van der Waals surface area contributed by atoms with Crippen molar-refractivity contribution in [2.24, 2.45) is 0 Å². The molecule has 92 valence electrons. The van der Waals surface area contributed by atoms with Crippen LogP contribution >= 0.6 is 11.6 Å². The smallest absolute Gasteiger partial charge is 0.237 e. The van der Waals surface area contributed by atoms with Crippen molar-refractivity contribution in [2.75, 3.05) is 20.1 Å². The van der Waals surface area contributed by atoms with Gasteiger partial charge >= 0.3 is 0 Å². The molecular weight excluding hydrogens is 236 g/mol. The molecule has 0 radical (unpaired) electrons. The number of nitrogens with one attached hydrogen (secondary N) is 1. The van der Waals surface area contributed by atoms with Gasteiger partial charge in [-0.05, 0) is 37.6 Å². The lowest BCUT2D eigenvalue weighted by Gasteiger charge is -2.25. The van der Waals surface area contributed by atoms with Crippen LogP contribution in [0.15, 0.2) is 24.3 Å². The average Bonchev–Trinajstić information content (AvgIpc) is 2.78. The van der Waals surface area contributed by atoms with Crippen molar-refractivity contribution in [3.63, 3.8) is 0 Å². The van der Waals surface area contributed by atoms with Crippen LogP contribution in [0.3, 0.4) is 0 Å². The molecule has 1 saturated heterocycles. The minimum absolute atomic E-state index is 0.162. The van der Waals surface area contributed by atoms with Gasteiger partial charge in [-0.3, -0.25) is 4.79 Å². The number of carbonyl (C=O) groups excluding carboxylic acids is 1. The highest BCUT2D eigenvalue weighted by atomic mass is 35.5. The monoisotopic (exact) mass is 252 g/mol. The maximum atomic E-state index is 11.9. The van der Waals surface area contributed by atoms with Gasteiger partial charge in [-0.15, -0.1) is 0 Å². The Labute approximate surface area is 107 Å². The number of rotatable bonds is 3. The van der Waals surface area contributed by atoms with Crippen LogP contribution in [0.4, 0.5) is 0 Å². The van der Waals surface area contributed by atoms with Crippen molar-refractivity contribution >= 4 is 17.5 Å². The van der Waals surface area contributed by atoms with Crippen LogP contribution in [0.5, 0.6) is 0 Å². The van der Waals surface area contributed by atoms with Crippen molar-refractivity contribution in [1.29, 1.82) is 0 Å². The fraction of sp³-hybridized carbons (Fsp3) is 0.462. The predicted octanol–water partition coefficient (Wildman–Crippen LogP) is 2.22. The van der Waals surface area contributed by atoms with Gasteiger partial charge in [-0.2, -0.15) is 0 Å². The summed E-state index contributed by atoms with van der Waals surface area (Å²) in [5, 5.41) is 3.64. The van der Waals surface area contributed by atoms with Crippen LogP contribution in [-0.4, -0.2) is 30.9 Å². The van der Waals surface area contributed by atoms with E-state index < -0.39 is 0 Å². The molecule has 0 aliphatic carbocycles. The minimum Gasteiger partial charge on any atom is -0.335 e. The van der Waals surface area contributed by atoms with E-state index in [2.05, 4.69) is 5.32 Å². The van der Waals surface area contributed by atoms with Gasteiger partial charge in [0.05, 0.1) is 12.6 Å². The highest BCUT2D eigenvalue weighted by Crippen LogP contribution is 2.32. The van der Waals surface area contributed by atoms with E-state index in [1.54, 1.807) is 7.05 Å². The molecule has 1 unspecified atom stereocenters. The quantitative estimate of drug-likeness (QED) is 0.895. The number of amides is 1. The van der Waals surface area contributed by atoms with E-state index in [9.17, 15) is 4.79 Å². The summed E-state index contributed by atoms with van der Waals surface area (Å²) in [5.74, 6) is 0.162. The van der Waals surface area contributed by atoms with Crippen molar-refractivity contribution in [3.05, 3.63) is 34.9 Å². The standard InChI is InChI=1S/C13H17ClN2O/c1-15-9-13(17)16-7-3-6-12(16)10-4-2-5-11(14)8-10/h2,4-5,8,12,15H,3,6-7,9H2,1H3. The second kappa shape index (κ2) is 5.52. The lowest BCUT2D eigenvalue weighted by atomic mass is 10.0. The zero-order valence-corrected chi connectivity index (χ0v) is 10.7. The van der Waals surface area contributed by atoms with E-state index >= 15 is 0 Å². The molecule has 1 amide bonds. The summed E-state index contributed by atoms with van der Waals surface area (Å²) in [5.41, 5.74) is 1.14. The van der Waals surface area contributed by atoms with Gasteiger partial charge < -0.3 is 10.2 Å². The van der Waals surface area contributed by atoms with Gasteiger partial charge in [-0.25, -0.2) is 0 Å². The number of benzene rings is 1. The van der Waals surface area contributed by atoms with Crippen LogP contribution < -0.4 is 5.32 Å². The topological polar surface area (TPSA) is 32.3 Å². The molecular formula is C13H17ClN2O. The van der Waals surface area contributed by atoms with E-state index in [4.69, 9.17) is 11.6 Å². The molecule has 0 bridgehead atoms. The highest BCUT2D eigenvalue weighted by molar-refractivity contribution is 6.30. The number of nitrogens with zero attached hydrogens (tertiary/aromatic N) is 1. The van der Waals surface area contributed by atoms with Crippen LogP contribution in [0.2, 0.25) is 5.02 Å². The molecule has 1 fully saturated rings. The first kappa shape index (κ1) is 12.4. The van der Waals surface area contributed by atoms with Gasteiger partial charge in [-0.1, -0.05) is 23.7 Å². The summed E-state index contributed by atoms with van der Waals surface area (Å²) in [6.45, 7) is 1.24. The second-order valence-electron chi connectivity index (χ2n) is 4.33. The Morgan fingerprint density at radius 3 is 3.12 bits per heavy atom. The van der Waals surface area contributed by atoms with Crippen molar-refractivity contribution < 1.29 is 4.79 Å². The maximum Gasteiger partial charge on any atom is 0.237 e. The first-order chi connectivity index (χ1) is 8.22. The molecule has 1 aliphatic rings. The molecule has 0 spiro atoms. The van der Waals surface area contributed by atoms with E-state index in [1.165, 1.54) is 0 Å². The van der Waals surface area contributed by atoms with E-state index in [0.29, 0.717) is 6.54 Å². The van der Waals surface area contributed by atoms with Gasteiger partial charge in [0.1, 0.15) is 0 Å². The van der Waals surface area contributed by atoms with Crippen LogP contribution in [-0.2, 0) is 4.79 Å². The van der Waals surface area contributed by atoms with Gasteiger partial charge in [0.2, 0.25) is 5.91 Å². The van der Waals surface area contributed by atoms with E-state index in [-0.39, 0.29) is 11.9 Å². The third kappa shape index (κ3) is 2.79. The fourth-order valence-electron chi connectivity index (χ4n) is 2.38. The summed E-state index contributed by atoms with van der Waals surface area (Å²) in [7, 11) is 1.79.